The van der Waals surface area contributed by atoms with Gasteiger partial charge >= 0.3 is 0 Å². The van der Waals surface area contributed by atoms with Gasteiger partial charge in [-0.05, 0) is 68.5 Å². The fourth-order valence-electron chi connectivity index (χ4n) is 4.39. The van der Waals surface area contributed by atoms with Crippen molar-refractivity contribution in [3.05, 3.63) is 64.2 Å². The topological polar surface area (TPSA) is 32.8 Å². The minimum Gasteiger partial charge on any atom is -0.489 e. The molecule has 1 saturated heterocycles. The average molecular weight is 449 g/mol. The van der Waals surface area contributed by atoms with Gasteiger partial charge in [-0.25, -0.2) is 8.78 Å². The largest absolute Gasteiger partial charge is 0.489 e. The second-order valence-corrected chi connectivity index (χ2v) is 8.98. The molecule has 0 spiro atoms. The van der Waals surface area contributed by atoms with E-state index in [0.717, 1.165) is 50.2 Å². The van der Waals surface area contributed by atoms with Crippen LogP contribution in [0.5, 0.6) is 5.75 Å². The summed E-state index contributed by atoms with van der Waals surface area (Å²) in [7, 11) is 1.64. The summed E-state index contributed by atoms with van der Waals surface area (Å²) in [5.41, 5.74) is 0.973. The van der Waals surface area contributed by atoms with E-state index in [4.69, 9.17) is 16.3 Å². The molecule has 31 heavy (non-hydrogen) atoms. The Balaban J connectivity index is 1.28. The van der Waals surface area contributed by atoms with Gasteiger partial charge in [-0.1, -0.05) is 23.7 Å². The Morgan fingerprint density at radius 1 is 1.19 bits per heavy atom. The van der Waals surface area contributed by atoms with Crippen molar-refractivity contribution in [2.24, 2.45) is 5.92 Å². The summed E-state index contributed by atoms with van der Waals surface area (Å²) in [5, 5.41) is 0.678. The zero-order valence-electron chi connectivity index (χ0n) is 17.6. The highest BCUT2D eigenvalue weighted by atomic mass is 35.5. The van der Waals surface area contributed by atoms with Gasteiger partial charge in [0.05, 0.1) is 16.7 Å². The van der Waals surface area contributed by atoms with Gasteiger partial charge in [-0.3, -0.25) is 9.69 Å². The quantitative estimate of drug-likeness (QED) is 0.587. The molecule has 0 atom stereocenters. The number of carbonyl (C=O) groups is 1. The molecule has 4 rings (SSSR count). The average Bonchev–Trinajstić information content (AvgIpc) is 3.21. The van der Waals surface area contributed by atoms with Crippen molar-refractivity contribution in [1.29, 1.82) is 0 Å². The summed E-state index contributed by atoms with van der Waals surface area (Å²) in [6, 6.07) is 8.94. The van der Waals surface area contributed by atoms with Gasteiger partial charge in [0, 0.05) is 26.2 Å². The molecule has 2 aromatic carbocycles. The third-order valence-electron chi connectivity index (χ3n) is 6.16. The molecule has 1 saturated carbocycles. The lowest BCUT2D eigenvalue weighted by Crippen LogP contribution is -2.42. The lowest BCUT2D eigenvalue weighted by atomic mass is 9.82. The van der Waals surface area contributed by atoms with Crippen LogP contribution in [0.4, 0.5) is 8.78 Å². The van der Waals surface area contributed by atoms with E-state index in [2.05, 4.69) is 4.90 Å². The van der Waals surface area contributed by atoms with Gasteiger partial charge in [0.25, 0.3) is 5.91 Å². The number of amides is 1. The summed E-state index contributed by atoms with van der Waals surface area (Å²) in [4.78, 5) is 16.4. The SMILES string of the molecule is CN(CC1CC(Oc2cccc(CN3CCCC3)c2Cl)C1)C(=O)c1ccc(F)cc1F. The number of nitrogens with zero attached hydrogens (tertiary/aromatic N) is 2. The molecule has 1 heterocycles. The second-order valence-electron chi connectivity index (χ2n) is 8.60. The van der Waals surface area contributed by atoms with Crippen molar-refractivity contribution in [3.63, 3.8) is 0 Å². The molecule has 2 aliphatic rings. The third-order valence-corrected chi connectivity index (χ3v) is 6.59. The van der Waals surface area contributed by atoms with Crippen LogP contribution in [0, 0.1) is 17.6 Å². The summed E-state index contributed by atoms with van der Waals surface area (Å²) >= 11 is 6.60. The van der Waals surface area contributed by atoms with Gasteiger partial charge in [0.2, 0.25) is 0 Å². The first kappa shape index (κ1) is 22.0. The number of rotatable bonds is 7. The molecule has 0 bridgehead atoms. The molecule has 2 fully saturated rings. The molecule has 4 nitrogen and oxygen atoms in total. The first-order valence-electron chi connectivity index (χ1n) is 10.8. The number of benzene rings is 2. The van der Waals surface area contributed by atoms with Gasteiger partial charge < -0.3 is 9.64 Å². The Labute approximate surface area is 186 Å². The van der Waals surface area contributed by atoms with Crippen LogP contribution in [0.1, 0.15) is 41.6 Å². The van der Waals surface area contributed by atoms with Crippen LogP contribution >= 0.6 is 11.6 Å². The van der Waals surface area contributed by atoms with Crippen LogP contribution in [-0.4, -0.2) is 48.5 Å². The first-order chi connectivity index (χ1) is 14.9. The first-order valence-corrected chi connectivity index (χ1v) is 11.2. The van der Waals surface area contributed by atoms with Crippen LogP contribution in [0.3, 0.4) is 0 Å². The zero-order valence-corrected chi connectivity index (χ0v) is 18.4. The smallest absolute Gasteiger partial charge is 0.256 e. The number of halogens is 3. The van der Waals surface area contributed by atoms with Gasteiger partial charge in [-0.15, -0.1) is 0 Å². The van der Waals surface area contributed by atoms with Gasteiger partial charge in [0.15, 0.2) is 0 Å². The van der Waals surface area contributed by atoms with Crippen LogP contribution in [-0.2, 0) is 6.54 Å². The number of hydrogen-bond acceptors (Lipinski definition) is 3. The summed E-state index contributed by atoms with van der Waals surface area (Å²) < 4.78 is 33.1. The van der Waals surface area contributed by atoms with E-state index in [0.29, 0.717) is 17.3 Å². The van der Waals surface area contributed by atoms with E-state index in [9.17, 15) is 13.6 Å². The van der Waals surface area contributed by atoms with Gasteiger partial charge in [-0.2, -0.15) is 0 Å². The van der Waals surface area contributed by atoms with Crippen molar-refractivity contribution in [2.75, 3.05) is 26.7 Å². The number of likely N-dealkylation sites (tertiary alicyclic amines) is 1. The highest BCUT2D eigenvalue weighted by molar-refractivity contribution is 6.32. The number of ether oxygens (including phenoxy) is 1. The minimum absolute atomic E-state index is 0.0515. The van der Waals surface area contributed by atoms with Crippen LogP contribution in [0.25, 0.3) is 0 Å². The van der Waals surface area contributed by atoms with Crippen LogP contribution in [0.2, 0.25) is 5.02 Å². The maximum atomic E-state index is 13.9. The van der Waals surface area contributed by atoms with E-state index in [-0.39, 0.29) is 17.6 Å². The highest BCUT2D eigenvalue weighted by Crippen LogP contribution is 2.36. The van der Waals surface area contributed by atoms with E-state index in [1.54, 1.807) is 7.05 Å². The van der Waals surface area contributed by atoms with Gasteiger partial charge in [0.1, 0.15) is 17.4 Å². The molecule has 166 valence electrons. The number of hydrogen-bond donors (Lipinski definition) is 0. The molecular formula is C24H27ClF2N2O2. The maximum Gasteiger partial charge on any atom is 0.256 e. The number of carbonyl (C=O) groups excluding carboxylic acids is 1. The minimum atomic E-state index is -0.838. The molecule has 0 aromatic heterocycles. The fraction of sp³-hybridized carbons (Fsp3) is 0.458. The summed E-state index contributed by atoms with van der Waals surface area (Å²) in [6.07, 6.45) is 4.13. The summed E-state index contributed by atoms with van der Waals surface area (Å²) in [6.45, 7) is 3.56. The third kappa shape index (κ3) is 5.18. The van der Waals surface area contributed by atoms with Crippen molar-refractivity contribution < 1.29 is 18.3 Å². The Morgan fingerprint density at radius 2 is 1.94 bits per heavy atom. The van der Waals surface area contributed by atoms with Crippen molar-refractivity contribution in [2.45, 2.75) is 38.3 Å². The maximum absolute atomic E-state index is 13.9. The molecule has 7 heteroatoms. The lowest BCUT2D eigenvalue weighted by molar-refractivity contribution is 0.0417. The molecular weight excluding hydrogens is 422 g/mol. The summed E-state index contributed by atoms with van der Waals surface area (Å²) in [5.74, 6) is -0.998. The molecule has 1 amide bonds. The highest BCUT2D eigenvalue weighted by Gasteiger charge is 2.33. The Hall–Kier alpha value is -2.18. The van der Waals surface area contributed by atoms with Crippen molar-refractivity contribution in [1.82, 2.24) is 9.80 Å². The molecule has 0 N–H and O–H groups in total. The fourth-order valence-corrected chi connectivity index (χ4v) is 4.62. The second kappa shape index (κ2) is 9.53. The molecule has 2 aromatic rings. The van der Waals surface area contributed by atoms with Crippen molar-refractivity contribution in [3.8, 4) is 5.75 Å². The Bertz CT molecular complexity index is 943. The van der Waals surface area contributed by atoms with E-state index < -0.39 is 17.5 Å². The van der Waals surface area contributed by atoms with E-state index in [1.807, 2.05) is 18.2 Å². The predicted molar refractivity (Wildman–Crippen MR) is 116 cm³/mol. The Kier molecular flexibility index (Phi) is 6.77. The van der Waals surface area contributed by atoms with Crippen LogP contribution < -0.4 is 4.74 Å². The monoisotopic (exact) mass is 448 g/mol. The van der Waals surface area contributed by atoms with Crippen LogP contribution in [0.15, 0.2) is 36.4 Å². The van der Waals surface area contributed by atoms with E-state index >= 15 is 0 Å². The standard InChI is InChI=1S/C24H27ClF2N2O2/c1-28(24(30)20-8-7-18(26)13-21(20)27)14-16-11-19(12-16)31-22-6-4-5-17(23(22)25)15-29-9-2-3-10-29/h4-8,13,16,19H,2-3,9-12,14-15H2,1H3. The molecule has 0 unspecified atom stereocenters. The normalized spacial score (nSPS) is 21.0. The molecule has 0 radical (unpaired) electrons. The van der Waals surface area contributed by atoms with E-state index in [1.165, 1.54) is 23.8 Å². The lowest BCUT2D eigenvalue weighted by Gasteiger charge is -2.37. The molecule has 1 aliphatic carbocycles. The van der Waals surface area contributed by atoms with Crippen molar-refractivity contribution >= 4 is 17.5 Å². The molecule has 1 aliphatic heterocycles. The predicted octanol–water partition coefficient (Wildman–Crippen LogP) is 5.14. The zero-order chi connectivity index (χ0) is 22.0. The Morgan fingerprint density at radius 3 is 2.65 bits per heavy atom.